The summed E-state index contributed by atoms with van der Waals surface area (Å²) in [5.74, 6) is 0.411. The fourth-order valence-corrected chi connectivity index (χ4v) is 2.57. The molecule has 0 fully saturated rings. The van der Waals surface area contributed by atoms with Crippen molar-refractivity contribution in [1.29, 1.82) is 0 Å². The van der Waals surface area contributed by atoms with Gasteiger partial charge in [0.05, 0.1) is 6.54 Å². The lowest BCUT2D eigenvalue weighted by atomic mass is 10.5. The average Bonchev–Trinajstić information content (AvgIpc) is 2.80. The molecule has 9 heteroatoms. The van der Waals surface area contributed by atoms with Gasteiger partial charge in [0.15, 0.2) is 0 Å². The summed E-state index contributed by atoms with van der Waals surface area (Å²) in [6, 6.07) is 2.87. The van der Waals surface area contributed by atoms with Crippen molar-refractivity contribution in [2.24, 2.45) is 0 Å². The van der Waals surface area contributed by atoms with Crippen LogP contribution in [0.4, 0.5) is 0 Å². The fourth-order valence-electron chi connectivity index (χ4n) is 1.13. The van der Waals surface area contributed by atoms with Crippen LogP contribution < -0.4 is 4.72 Å². The molecule has 0 atom stereocenters. The molecule has 2 aromatic heterocycles. The van der Waals surface area contributed by atoms with Crippen LogP contribution in [0.15, 0.2) is 29.6 Å². The average molecular weight is 274 g/mol. The number of rotatable bonds is 4. The highest BCUT2D eigenvalue weighted by Crippen LogP contribution is 2.17. The van der Waals surface area contributed by atoms with Gasteiger partial charge in [-0.2, -0.15) is 5.10 Å². The monoisotopic (exact) mass is 273 g/mol. The van der Waals surface area contributed by atoms with Crippen molar-refractivity contribution in [3.8, 4) is 0 Å². The van der Waals surface area contributed by atoms with E-state index in [1.165, 1.54) is 24.7 Å². The first-order valence-corrected chi connectivity index (χ1v) is 6.40. The third kappa shape index (κ3) is 2.78. The van der Waals surface area contributed by atoms with E-state index < -0.39 is 10.0 Å². The van der Waals surface area contributed by atoms with Gasteiger partial charge in [-0.1, -0.05) is 11.6 Å². The lowest BCUT2D eigenvalue weighted by Gasteiger charge is -2.05. The lowest BCUT2D eigenvalue weighted by molar-refractivity contribution is 0.579. The molecule has 0 saturated heterocycles. The van der Waals surface area contributed by atoms with E-state index >= 15 is 0 Å². The predicted octanol–water partition coefficient (Wildman–Crippen LogP) is 0.332. The highest BCUT2D eigenvalue weighted by Gasteiger charge is 2.18. The summed E-state index contributed by atoms with van der Waals surface area (Å²) in [4.78, 5) is 7.43. The molecule has 0 aliphatic rings. The van der Waals surface area contributed by atoms with Crippen molar-refractivity contribution in [3.63, 3.8) is 0 Å². The Bertz CT molecular complexity index is 598. The Labute approximate surface area is 102 Å². The summed E-state index contributed by atoms with van der Waals surface area (Å²) >= 11 is 5.70. The van der Waals surface area contributed by atoms with E-state index in [2.05, 4.69) is 24.9 Å². The summed E-state index contributed by atoms with van der Waals surface area (Å²) in [5.41, 5.74) is 0. The number of hydrogen-bond acceptors (Lipinski definition) is 5. The quantitative estimate of drug-likeness (QED) is 0.782. The van der Waals surface area contributed by atoms with Crippen molar-refractivity contribution < 1.29 is 8.42 Å². The number of H-pyrrole nitrogens is 1. The number of aromatic nitrogens is 4. The Morgan fingerprint density at radius 2 is 2.24 bits per heavy atom. The molecule has 2 rings (SSSR count). The summed E-state index contributed by atoms with van der Waals surface area (Å²) < 4.78 is 26.0. The van der Waals surface area contributed by atoms with Crippen LogP contribution in [0.1, 0.15) is 5.82 Å². The Morgan fingerprint density at radius 1 is 1.41 bits per heavy atom. The lowest BCUT2D eigenvalue weighted by Crippen LogP contribution is -2.24. The standard InChI is InChI=1S/C8H8ClN5O2S/c9-8-6(2-1-3-10-8)17(15,16)13-4-7-11-5-12-14-7/h1-3,5,13H,4H2,(H,11,12,14). The molecule has 2 N–H and O–H groups in total. The van der Waals surface area contributed by atoms with E-state index in [1.54, 1.807) is 0 Å². The molecule has 2 heterocycles. The second-order valence-electron chi connectivity index (χ2n) is 3.05. The molecular weight excluding hydrogens is 266 g/mol. The zero-order valence-corrected chi connectivity index (χ0v) is 10.0. The minimum Gasteiger partial charge on any atom is -0.262 e. The summed E-state index contributed by atoms with van der Waals surface area (Å²) in [5, 5.41) is 6.07. The first-order valence-electron chi connectivity index (χ1n) is 4.54. The van der Waals surface area contributed by atoms with E-state index in [0.29, 0.717) is 5.82 Å². The van der Waals surface area contributed by atoms with Crippen LogP contribution in [-0.2, 0) is 16.6 Å². The van der Waals surface area contributed by atoms with Crippen molar-refractivity contribution in [1.82, 2.24) is 24.9 Å². The van der Waals surface area contributed by atoms with Gasteiger partial charge in [-0.25, -0.2) is 23.1 Å². The highest BCUT2D eigenvalue weighted by molar-refractivity contribution is 7.89. The first kappa shape index (κ1) is 12.0. The Morgan fingerprint density at radius 3 is 2.88 bits per heavy atom. The van der Waals surface area contributed by atoms with Gasteiger partial charge < -0.3 is 0 Å². The third-order valence-corrected chi connectivity index (χ3v) is 3.76. The number of halogens is 1. The van der Waals surface area contributed by atoms with Gasteiger partial charge in [0.1, 0.15) is 22.2 Å². The Balaban J connectivity index is 2.17. The molecule has 2 aromatic rings. The van der Waals surface area contributed by atoms with E-state index in [-0.39, 0.29) is 16.6 Å². The largest absolute Gasteiger partial charge is 0.262 e. The van der Waals surface area contributed by atoms with Crippen molar-refractivity contribution in [2.45, 2.75) is 11.4 Å². The molecule has 0 unspecified atom stereocenters. The Hall–Kier alpha value is -1.51. The van der Waals surface area contributed by atoms with Crippen LogP contribution >= 0.6 is 11.6 Å². The molecule has 0 aliphatic heterocycles. The fraction of sp³-hybridized carbons (Fsp3) is 0.125. The normalized spacial score (nSPS) is 11.6. The van der Waals surface area contributed by atoms with E-state index in [9.17, 15) is 8.42 Å². The minimum atomic E-state index is -3.70. The smallest absolute Gasteiger partial charge is 0.244 e. The van der Waals surface area contributed by atoms with Crippen LogP contribution in [0.5, 0.6) is 0 Å². The van der Waals surface area contributed by atoms with Crippen molar-refractivity contribution >= 4 is 21.6 Å². The zero-order valence-electron chi connectivity index (χ0n) is 8.46. The van der Waals surface area contributed by atoms with Gasteiger partial charge in [-0.05, 0) is 12.1 Å². The second kappa shape index (κ2) is 4.78. The molecule has 0 saturated carbocycles. The Kier molecular flexibility index (Phi) is 3.36. The molecule has 0 bridgehead atoms. The number of nitrogens with one attached hydrogen (secondary N) is 2. The molecule has 0 radical (unpaired) electrons. The predicted molar refractivity (Wildman–Crippen MR) is 59.7 cm³/mol. The SMILES string of the molecule is O=S(=O)(NCc1ncn[nH]1)c1cccnc1Cl. The second-order valence-corrected chi connectivity index (χ2v) is 5.14. The van der Waals surface area contributed by atoms with Gasteiger partial charge in [-0.15, -0.1) is 0 Å². The number of sulfonamides is 1. The molecule has 0 aliphatic carbocycles. The number of nitrogens with zero attached hydrogens (tertiary/aromatic N) is 3. The van der Waals surface area contributed by atoms with Gasteiger partial charge in [-0.3, -0.25) is 5.10 Å². The third-order valence-electron chi connectivity index (χ3n) is 1.91. The molecule has 17 heavy (non-hydrogen) atoms. The number of pyridine rings is 1. The van der Waals surface area contributed by atoms with E-state index in [0.717, 1.165) is 0 Å². The summed E-state index contributed by atoms with van der Waals surface area (Å²) in [6.45, 7) is 0.00750. The van der Waals surface area contributed by atoms with Gasteiger partial charge >= 0.3 is 0 Å². The summed E-state index contributed by atoms with van der Waals surface area (Å²) in [6.07, 6.45) is 2.71. The number of hydrogen-bond donors (Lipinski definition) is 2. The molecule has 0 amide bonds. The topological polar surface area (TPSA) is 101 Å². The molecule has 0 spiro atoms. The maximum atomic E-state index is 11.9. The number of aromatic amines is 1. The van der Waals surface area contributed by atoms with Gasteiger partial charge in [0.2, 0.25) is 10.0 Å². The van der Waals surface area contributed by atoms with Crippen molar-refractivity contribution in [3.05, 3.63) is 35.6 Å². The minimum absolute atomic E-state index is 0.00750. The van der Waals surface area contributed by atoms with Crippen LogP contribution in [0.25, 0.3) is 0 Å². The van der Waals surface area contributed by atoms with Crippen LogP contribution in [-0.4, -0.2) is 28.6 Å². The highest BCUT2D eigenvalue weighted by atomic mass is 35.5. The zero-order chi connectivity index (χ0) is 12.3. The molecule has 0 aromatic carbocycles. The maximum Gasteiger partial charge on any atom is 0.244 e. The van der Waals surface area contributed by atoms with E-state index in [1.807, 2.05) is 0 Å². The van der Waals surface area contributed by atoms with Crippen LogP contribution in [0.3, 0.4) is 0 Å². The maximum absolute atomic E-state index is 11.9. The first-order chi connectivity index (χ1) is 8.09. The molecular formula is C8H8ClN5O2S. The van der Waals surface area contributed by atoms with Crippen molar-refractivity contribution in [2.75, 3.05) is 0 Å². The van der Waals surface area contributed by atoms with Gasteiger partial charge in [0, 0.05) is 6.20 Å². The molecule has 90 valence electrons. The van der Waals surface area contributed by atoms with Crippen LogP contribution in [0.2, 0.25) is 5.15 Å². The summed E-state index contributed by atoms with van der Waals surface area (Å²) in [7, 11) is -3.70. The van der Waals surface area contributed by atoms with Crippen LogP contribution in [0, 0.1) is 0 Å². The van der Waals surface area contributed by atoms with E-state index in [4.69, 9.17) is 11.6 Å². The molecule has 7 nitrogen and oxygen atoms in total. The van der Waals surface area contributed by atoms with Gasteiger partial charge in [0.25, 0.3) is 0 Å².